The molecule has 0 bridgehead atoms. The number of hydrogen-bond acceptors (Lipinski definition) is 3. The minimum atomic E-state index is -4.37. The fraction of sp³-hybridized carbons (Fsp3) is 0.615. The molecular formula is C13H17F3N2O. The number of pyridine rings is 1. The number of aromatic nitrogens is 1. The molecule has 0 aromatic carbocycles. The van der Waals surface area contributed by atoms with E-state index in [4.69, 9.17) is 0 Å². The van der Waals surface area contributed by atoms with Gasteiger partial charge in [-0.3, -0.25) is 0 Å². The van der Waals surface area contributed by atoms with Gasteiger partial charge in [0.05, 0.1) is 17.2 Å². The molecule has 1 aliphatic heterocycles. The van der Waals surface area contributed by atoms with Gasteiger partial charge in [0.2, 0.25) is 0 Å². The Labute approximate surface area is 110 Å². The summed E-state index contributed by atoms with van der Waals surface area (Å²) in [7, 11) is 0. The van der Waals surface area contributed by atoms with Crippen LogP contribution < -0.4 is 4.90 Å². The maximum Gasteiger partial charge on any atom is 0.417 e. The van der Waals surface area contributed by atoms with Gasteiger partial charge in [0.25, 0.3) is 0 Å². The molecular weight excluding hydrogens is 257 g/mol. The van der Waals surface area contributed by atoms with Gasteiger partial charge < -0.3 is 10.0 Å². The number of nitrogens with zero attached hydrogens (tertiary/aromatic N) is 2. The highest BCUT2D eigenvalue weighted by molar-refractivity contribution is 5.43. The van der Waals surface area contributed by atoms with Crippen LogP contribution in [0.1, 0.15) is 32.3 Å². The normalized spacial score (nSPS) is 20.9. The summed E-state index contributed by atoms with van der Waals surface area (Å²) < 4.78 is 37.4. The molecule has 0 saturated carbocycles. The molecule has 1 fully saturated rings. The van der Waals surface area contributed by atoms with E-state index in [0.29, 0.717) is 12.4 Å². The van der Waals surface area contributed by atoms with Crippen molar-refractivity contribution >= 4 is 5.82 Å². The van der Waals surface area contributed by atoms with Gasteiger partial charge in [-0.15, -0.1) is 0 Å². The van der Waals surface area contributed by atoms with Crippen LogP contribution in [-0.4, -0.2) is 28.3 Å². The number of aliphatic hydroxyl groups is 1. The summed E-state index contributed by atoms with van der Waals surface area (Å²) in [6.07, 6.45) is -1.81. The second kappa shape index (κ2) is 4.67. The van der Waals surface area contributed by atoms with Crippen LogP contribution in [-0.2, 0) is 6.18 Å². The molecule has 1 saturated heterocycles. The zero-order valence-electron chi connectivity index (χ0n) is 10.9. The molecule has 2 rings (SSSR count). The predicted octanol–water partition coefficient (Wildman–Crippen LogP) is 2.84. The van der Waals surface area contributed by atoms with Gasteiger partial charge >= 0.3 is 6.18 Å². The van der Waals surface area contributed by atoms with Crippen molar-refractivity contribution in [3.63, 3.8) is 0 Å². The van der Waals surface area contributed by atoms with E-state index in [1.165, 1.54) is 6.07 Å². The Morgan fingerprint density at radius 1 is 1.32 bits per heavy atom. The number of anilines is 1. The Bertz CT molecular complexity index is 437. The third kappa shape index (κ3) is 3.00. The molecule has 0 spiro atoms. The van der Waals surface area contributed by atoms with Gasteiger partial charge in [0, 0.05) is 12.7 Å². The van der Waals surface area contributed by atoms with E-state index in [2.05, 4.69) is 4.98 Å². The van der Waals surface area contributed by atoms with Crippen molar-refractivity contribution in [1.82, 2.24) is 4.98 Å². The molecule has 1 atom stereocenters. The van der Waals surface area contributed by atoms with E-state index < -0.39 is 17.3 Å². The van der Waals surface area contributed by atoms with Crippen molar-refractivity contribution < 1.29 is 18.3 Å². The van der Waals surface area contributed by atoms with Crippen LogP contribution in [0, 0.1) is 0 Å². The predicted molar refractivity (Wildman–Crippen MR) is 65.9 cm³/mol. The maximum absolute atomic E-state index is 12.5. The largest absolute Gasteiger partial charge is 0.417 e. The minimum absolute atomic E-state index is 0.114. The maximum atomic E-state index is 12.5. The molecule has 0 aliphatic carbocycles. The molecule has 0 unspecified atom stereocenters. The summed E-state index contributed by atoms with van der Waals surface area (Å²) in [5.74, 6) is 0.484. The van der Waals surface area contributed by atoms with E-state index in [1.54, 1.807) is 13.8 Å². The van der Waals surface area contributed by atoms with Crippen LogP contribution in [0.2, 0.25) is 0 Å². The van der Waals surface area contributed by atoms with Crippen molar-refractivity contribution in [3.8, 4) is 0 Å². The molecule has 0 radical (unpaired) electrons. The SMILES string of the molecule is CC(C)(O)[C@@H]1CCCN1c1ccc(C(F)(F)F)cn1. The molecule has 1 aliphatic rings. The van der Waals surface area contributed by atoms with Crippen molar-refractivity contribution in [1.29, 1.82) is 0 Å². The average molecular weight is 274 g/mol. The van der Waals surface area contributed by atoms with E-state index in [0.717, 1.165) is 25.1 Å². The van der Waals surface area contributed by atoms with Crippen molar-refractivity contribution in [2.24, 2.45) is 0 Å². The van der Waals surface area contributed by atoms with E-state index >= 15 is 0 Å². The summed E-state index contributed by atoms with van der Waals surface area (Å²) in [4.78, 5) is 5.76. The van der Waals surface area contributed by atoms with Crippen LogP contribution in [0.4, 0.5) is 19.0 Å². The van der Waals surface area contributed by atoms with Gasteiger partial charge in [-0.05, 0) is 38.8 Å². The summed E-state index contributed by atoms with van der Waals surface area (Å²) in [6, 6.07) is 2.28. The number of halogens is 3. The standard InChI is InChI=1S/C13H17F3N2O/c1-12(2,19)10-4-3-7-18(10)11-6-5-9(8-17-11)13(14,15)16/h5-6,8,10,19H,3-4,7H2,1-2H3/t10-/m0/s1. The van der Waals surface area contributed by atoms with E-state index in [9.17, 15) is 18.3 Å². The molecule has 1 aromatic rings. The lowest BCUT2D eigenvalue weighted by molar-refractivity contribution is -0.137. The van der Waals surface area contributed by atoms with Crippen LogP contribution >= 0.6 is 0 Å². The van der Waals surface area contributed by atoms with Gasteiger partial charge in [0.1, 0.15) is 5.82 Å². The molecule has 19 heavy (non-hydrogen) atoms. The Kier molecular flexibility index (Phi) is 3.47. The molecule has 1 N–H and O–H groups in total. The first kappa shape index (κ1) is 14.1. The summed E-state index contributed by atoms with van der Waals surface area (Å²) >= 11 is 0. The summed E-state index contributed by atoms with van der Waals surface area (Å²) in [5.41, 5.74) is -1.66. The molecule has 3 nitrogen and oxygen atoms in total. The van der Waals surface area contributed by atoms with E-state index in [1.807, 2.05) is 4.90 Å². The fourth-order valence-corrected chi connectivity index (χ4v) is 2.50. The topological polar surface area (TPSA) is 36.4 Å². The van der Waals surface area contributed by atoms with Gasteiger partial charge in [0.15, 0.2) is 0 Å². The second-order valence-corrected chi connectivity index (χ2v) is 5.41. The first-order valence-corrected chi connectivity index (χ1v) is 6.22. The van der Waals surface area contributed by atoms with Crippen LogP contribution in [0.5, 0.6) is 0 Å². The molecule has 2 heterocycles. The average Bonchev–Trinajstić information content (AvgIpc) is 2.76. The minimum Gasteiger partial charge on any atom is -0.388 e. The highest BCUT2D eigenvalue weighted by Crippen LogP contribution is 2.33. The Hall–Kier alpha value is -1.30. The zero-order valence-corrected chi connectivity index (χ0v) is 10.9. The number of hydrogen-bond donors (Lipinski definition) is 1. The van der Waals surface area contributed by atoms with Gasteiger partial charge in [-0.2, -0.15) is 13.2 Å². The summed E-state index contributed by atoms with van der Waals surface area (Å²) in [6.45, 7) is 4.12. The third-order valence-electron chi connectivity index (χ3n) is 3.44. The lowest BCUT2D eigenvalue weighted by Gasteiger charge is -2.34. The van der Waals surface area contributed by atoms with Crippen LogP contribution in [0.25, 0.3) is 0 Å². The molecule has 0 amide bonds. The third-order valence-corrected chi connectivity index (χ3v) is 3.44. The van der Waals surface area contributed by atoms with E-state index in [-0.39, 0.29) is 6.04 Å². The Morgan fingerprint density at radius 2 is 2.00 bits per heavy atom. The first-order chi connectivity index (χ1) is 8.69. The Morgan fingerprint density at radius 3 is 2.47 bits per heavy atom. The zero-order chi connectivity index (χ0) is 14.3. The van der Waals surface area contributed by atoms with Crippen molar-refractivity contribution in [2.75, 3.05) is 11.4 Å². The smallest absolute Gasteiger partial charge is 0.388 e. The lowest BCUT2D eigenvalue weighted by atomic mass is 9.97. The number of rotatable bonds is 2. The molecule has 1 aromatic heterocycles. The number of alkyl halides is 3. The fourth-order valence-electron chi connectivity index (χ4n) is 2.50. The van der Waals surface area contributed by atoms with Gasteiger partial charge in [-0.25, -0.2) is 4.98 Å². The van der Waals surface area contributed by atoms with Crippen molar-refractivity contribution in [2.45, 2.75) is 44.5 Å². The highest BCUT2D eigenvalue weighted by Gasteiger charge is 2.37. The monoisotopic (exact) mass is 274 g/mol. The van der Waals surface area contributed by atoms with Crippen molar-refractivity contribution in [3.05, 3.63) is 23.9 Å². The molecule has 6 heteroatoms. The Balaban J connectivity index is 2.23. The van der Waals surface area contributed by atoms with Crippen LogP contribution in [0.15, 0.2) is 18.3 Å². The quantitative estimate of drug-likeness (QED) is 0.901. The summed E-state index contributed by atoms with van der Waals surface area (Å²) in [5, 5.41) is 10.1. The second-order valence-electron chi connectivity index (χ2n) is 5.41. The first-order valence-electron chi connectivity index (χ1n) is 6.22. The van der Waals surface area contributed by atoms with Crippen LogP contribution in [0.3, 0.4) is 0 Å². The molecule has 106 valence electrons. The lowest BCUT2D eigenvalue weighted by Crippen LogP contribution is -2.46. The van der Waals surface area contributed by atoms with Gasteiger partial charge in [-0.1, -0.05) is 0 Å². The highest BCUT2D eigenvalue weighted by atomic mass is 19.4.